The Bertz CT molecular complexity index is 1080. The number of benzene rings is 2. The molecule has 0 saturated heterocycles. The van der Waals surface area contributed by atoms with Crippen LogP contribution in [-0.4, -0.2) is 5.43 Å². The zero-order valence-corrected chi connectivity index (χ0v) is 20.9. The third-order valence-electron chi connectivity index (χ3n) is 6.15. The average molecular weight is 491 g/mol. The van der Waals surface area contributed by atoms with Crippen molar-refractivity contribution in [2.75, 3.05) is 0 Å². The second kappa shape index (κ2) is 6.99. The molecule has 0 fully saturated rings. The quantitative estimate of drug-likeness (QED) is 0.384. The number of allylic oxidation sites excluding steroid dienone is 5. The first kappa shape index (κ1) is 19.6. The molecule has 0 radical (unpaired) electrons. The van der Waals surface area contributed by atoms with Crippen molar-refractivity contribution in [3.8, 4) is 11.1 Å². The van der Waals surface area contributed by atoms with Gasteiger partial charge in [0.1, 0.15) is 0 Å². The zero-order chi connectivity index (χ0) is 19.3. The molecule has 4 rings (SSSR count). The first-order chi connectivity index (χ1) is 12.8. The maximum absolute atomic E-state index is 7.73. The Kier molecular flexibility index (Phi) is 5.09. The van der Waals surface area contributed by atoms with Gasteiger partial charge in [0.2, 0.25) is 0 Å². The van der Waals surface area contributed by atoms with E-state index in [2.05, 4.69) is 92.9 Å². The zero-order valence-electron chi connectivity index (χ0n) is 16.0. The summed E-state index contributed by atoms with van der Waals surface area (Å²) in [6, 6.07) is 17.3. The predicted molar refractivity (Wildman–Crippen MR) is 119 cm³/mol. The number of rotatable bonds is 3. The van der Waals surface area contributed by atoms with Crippen LogP contribution >= 0.6 is 17.0 Å². The summed E-state index contributed by atoms with van der Waals surface area (Å²) >= 11 is -4.24. The first-order valence-electron chi connectivity index (χ1n) is 9.44. The maximum atomic E-state index is 7.73. The van der Waals surface area contributed by atoms with Crippen molar-refractivity contribution in [3.05, 3.63) is 86.7 Å². The molecule has 27 heavy (non-hydrogen) atoms. The van der Waals surface area contributed by atoms with E-state index in [1.807, 2.05) is 0 Å². The molecule has 0 heterocycles. The molecule has 2 aromatic rings. The number of hydrogen-bond acceptors (Lipinski definition) is 0. The van der Waals surface area contributed by atoms with Crippen LogP contribution in [-0.2, 0) is 15.0 Å². The average Bonchev–Trinajstić information content (AvgIpc) is 3.30. The second-order valence-electron chi connectivity index (χ2n) is 7.90. The molecule has 0 spiro atoms. The molecule has 4 heteroatoms. The van der Waals surface area contributed by atoms with Crippen molar-refractivity contribution in [1.82, 2.24) is 0 Å². The molecule has 0 amide bonds. The summed E-state index contributed by atoms with van der Waals surface area (Å²) < 4.78 is 1.53. The van der Waals surface area contributed by atoms with Crippen LogP contribution in [0.4, 0.5) is 0 Å². The standard InChI is InChI=1S/C16H13.C5H5.C2H6Si.2ClH.Zr/c1-12-10-14-8-5-9-15(16(14)11-12)13-6-3-2-4-7-13;1-2-4-5-3-1;1-3-2;;;/h2-11H,1H3;1-3H,4H2;1-2H3;2*1H;/q;;;;;+2/p-2. The monoisotopic (exact) mass is 488 g/mol. The summed E-state index contributed by atoms with van der Waals surface area (Å²) in [5, 5.41) is 0. The van der Waals surface area contributed by atoms with Gasteiger partial charge in [-0.15, -0.1) is 0 Å². The van der Waals surface area contributed by atoms with E-state index in [1.165, 1.54) is 31.1 Å². The van der Waals surface area contributed by atoms with Gasteiger partial charge in [0, 0.05) is 0 Å². The summed E-state index contributed by atoms with van der Waals surface area (Å²) in [4.78, 5) is 0. The molecule has 1 unspecified atom stereocenters. The van der Waals surface area contributed by atoms with Crippen molar-refractivity contribution in [2.24, 2.45) is 0 Å². The van der Waals surface area contributed by atoms with E-state index in [4.69, 9.17) is 17.0 Å². The summed E-state index contributed by atoms with van der Waals surface area (Å²) in [5.74, 6) is 0. The van der Waals surface area contributed by atoms with Gasteiger partial charge in [-0.05, 0) is 0 Å². The SMILES string of the molecule is CC1=Cc2c(-c3ccccc3)cccc2[CH]1[Zr]([Cl])([Cl])([C]1=CC=CC1)=[Si](C)C. The number of fused-ring (bicyclic) bond motifs is 1. The first-order valence-corrected chi connectivity index (χ1v) is 24.6. The predicted octanol–water partition coefficient (Wildman–Crippen LogP) is 7.90. The molecule has 0 bridgehead atoms. The van der Waals surface area contributed by atoms with Gasteiger partial charge in [0.25, 0.3) is 0 Å². The van der Waals surface area contributed by atoms with Crippen molar-refractivity contribution in [3.63, 3.8) is 0 Å². The van der Waals surface area contributed by atoms with Gasteiger partial charge < -0.3 is 0 Å². The Labute approximate surface area is 170 Å². The van der Waals surface area contributed by atoms with Gasteiger partial charge in [-0.1, -0.05) is 0 Å². The van der Waals surface area contributed by atoms with Gasteiger partial charge in [-0.3, -0.25) is 0 Å². The van der Waals surface area contributed by atoms with E-state index in [0.717, 1.165) is 6.42 Å². The molecule has 2 aromatic carbocycles. The van der Waals surface area contributed by atoms with Crippen molar-refractivity contribution in [1.29, 1.82) is 0 Å². The van der Waals surface area contributed by atoms with E-state index in [1.54, 1.807) is 0 Å². The van der Waals surface area contributed by atoms with Crippen LogP contribution in [0.25, 0.3) is 17.2 Å². The minimum atomic E-state index is -4.24. The molecule has 0 nitrogen and oxygen atoms in total. The van der Waals surface area contributed by atoms with Gasteiger partial charge in [0.15, 0.2) is 0 Å². The molecule has 0 N–H and O–H groups in total. The van der Waals surface area contributed by atoms with Crippen LogP contribution in [0.1, 0.15) is 28.1 Å². The molecule has 0 aliphatic heterocycles. The van der Waals surface area contributed by atoms with Crippen LogP contribution in [0.3, 0.4) is 0 Å². The summed E-state index contributed by atoms with van der Waals surface area (Å²) in [6.45, 7) is 6.87. The van der Waals surface area contributed by atoms with E-state index in [0.29, 0.717) is 0 Å². The Morgan fingerprint density at radius 1 is 1.00 bits per heavy atom. The summed E-state index contributed by atoms with van der Waals surface area (Å²) in [5.41, 5.74) is 5.61. The Balaban J connectivity index is 1.98. The van der Waals surface area contributed by atoms with Gasteiger partial charge in [-0.2, -0.15) is 0 Å². The van der Waals surface area contributed by atoms with Gasteiger partial charge in [-0.25, -0.2) is 0 Å². The van der Waals surface area contributed by atoms with Crippen LogP contribution in [0.2, 0.25) is 13.1 Å². The normalized spacial score (nSPS) is 19.0. The molecule has 2 aliphatic rings. The summed E-state index contributed by atoms with van der Waals surface area (Å²) in [7, 11) is 15.5. The van der Waals surface area contributed by atoms with E-state index < -0.39 is 20.4 Å². The second-order valence-corrected chi connectivity index (χ2v) is 45.9. The van der Waals surface area contributed by atoms with Crippen LogP contribution < -0.4 is 0 Å². The molecule has 0 aromatic heterocycles. The van der Waals surface area contributed by atoms with Crippen molar-refractivity contribution >= 4 is 28.5 Å². The Morgan fingerprint density at radius 3 is 2.37 bits per heavy atom. The van der Waals surface area contributed by atoms with Crippen molar-refractivity contribution < 1.29 is 15.0 Å². The van der Waals surface area contributed by atoms with Crippen LogP contribution in [0.5, 0.6) is 0 Å². The fourth-order valence-electron chi connectivity index (χ4n) is 4.68. The molecular formula is C23H24Cl2SiZr. The molecule has 2 aliphatic carbocycles. The van der Waals surface area contributed by atoms with E-state index in [9.17, 15) is 0 Å². The molecular weight excluding hydrogens is 466 g/mol. The topological polar surface area (TPSA) is 0 Å². The fraction of sp³-hybridized carbons (Fsp3) is 0.217. The molecule has 0 saturated carbocycles. The Hall–Kier alpha value is -0.660. The van der Waals surface area contributed by atoms with Crippen LogP contribution in [0, 0.1) is 0 Å². The number of hydrogen-bond donors (Lipinski definition) is 0. The van der Waals surface area contributed by atoms with Gasteiger partial charge in [0.05, 0.1) is 0 Å². The molecule has 1 atom stereocenters. The molecule has 138 valence electrons. The van der Waals surface area contributed by atoms with E-state index in [-0.39, 0.29) is 3.63 Å². The third-order valence-corrected chi connectivity index (χ3v) is 52.2. The third kappa shape index (κ3) is 2.96. The summed E-state index contributed by atoms with van der Waals surface area (Å²) in [6.07, 6.45) is 9.82. The van der Waals surface area contributed by atoms with Gasteiger partial charge >= 0.3 is 171 Å². The van der Waals surface area contributed by atoms with Crippen LogP contribution in [0.15, 0.2) is 75.6 Å². The number of halogens is 2. The minimum absolute atomic E-state index is 0.184. The fourth-order valence-corrected chi connectivity index (χ4v) is 30.6. The van der Waals surface area contributed by atoms with E-state index >= 15 is 0 Å². The van der Waals surface area contributed by atoms with Crippen molar-refractivity contribution in [2.45, 2.75) is 30.1 Å². The Morgan fingerprint density at radius 2 is 1.74 bits per heavy atom.